The van der Waals surface area contributed by atoms with Crippen LogP contribution in [0.4, 0.5) is 0 Å². The summed E-state index contributed by atoms with van der Waals surface area (Å²) in [4.78, 5) is 11.8. The van der Waals surface area contributed by atoms with E-state index >= 15 is 0 Å². The van der Waals surface area contributed by atoms with E-state index in [4.69, 9.17) is 14.9 Å². The molecule has 2 rings (SSSR count). The topological polar surface area (TPSA) is 59.4 Å². The van der Waals surface area contributed by atoms with Gasteiger partial charge in [-0.1, -0.05) is 12.2 Å². The van der Waals surface area contributed by atoms with E-state index in [1.165, 1.54) is 7.11 Å². The van der Waals surface area contributed by atoms with Crippen LogP contribution in [0.5, 0.6) is 0 Å². The van der Waals surface area contributed by atoms with Crippen LogP contribution in [0.2, 0.25) is 0 Å². The van der Waals surface area contributed by atoms with Gasteiger partial charge in [0, 0.05) is 5.57 Å². The molecular weight excluding hydrogens is 182 g/mol. The molecule has 2 aliphatic rings. The lowest BCUT2D eigenvalue weighted by molar-refractivity contribution is -0.123. The molecule has 2 atom stereocenters. The Kier molecular flexibility index (Phi) is 2.11. The third kappa shape index (κ3) is 1.23. The molecule has 0 aromatic rings. The molecule has 1 heterocycles. The first-order valence-corrected chi connectivity index (χ1v) is 4.40. The second-order valence-corrected chi connectivity index (χ2v) is 3.31. The van der Waals surface area contributed by atoms with E-state index in [1.54, 1.807) is 12.3 Å². The zero-order valence-electron chi connectivity index (χ0n) is 7.82. The molecule has 0 saturated heterocycles. The normalized spacial score (nSPS) is 29.2. The minimum atomic E-state index is -0.538. The summed E-state index contributed by atoms with van der Waals surface area (Å²) in [5.41, 5.74) is 0.898. The maximum Gasteiger partial charge on any atom is 0.194 e. The van der Waals surface area contributed by atoms with Crippen molar-refractivity contribution in [2.45, 2.75) is 0 Å². The van der Waals surface area contributed by atoms with E-state index in [9.17, 15) is 4.79 Å². The highest BCUT2D eigenvalue weighted by Crippen LogP contribution is 2.29. The van der Waals surface area contributed by atoms with Crippen molar-refractivity contribution in [1.29, 1.82) is 5.41 Å². The van der Waals surface area contributed by atoms with E-state index in [1.807, 2.05) is 6.08 Å². The van der Waals surface area contributed by atoms with Gasteiger partial charge < -0.3 is 9.47 Å². The molecule has 0 bridgehead atoms. The predicted octanol–water partition coefficient (Wildman–Crippen LogP) is 0.895. The standard InChI is InChI=1S/C10H11NO3/c1-13-10(11)7-3-2-6-4-14-5-8(6)9(7)12/h2-4,7-8,11H,5H2,1H3. The van der Waals surface area contributed by atoms with Gasteiger partial charge in [-0.25, -0.2) is 0 Å². The highest BCUT2D eigenvalue weighted by atomic mass is 16.5. The van der Waals surface area contributed by atoms with Crippen LogP contribution < -0.4 is 0 Å². The number of hydrogen-bond donors (Lipinski definition) is 1. The summed E-state index contributed by atoms with van der Waals surface area (Å²) < 4.78 is 9.84. The average Bonchev–Trinajstić information content (AvgIpc) is 2.66. The van der Waals surface area contributed by atoms with E-state index < -0.39 is 5.92 Å². The van der Waals surface area contributed by atoms with Crippen LogP contribution in [-0.4, -0.2) is 25.4 Å². The van der Waals surface area contributed by atoms with Gasteiger partial charge in [-0.05, 0) is 0 Å². The lowest BCUT2D eigenvalue weighted by atomic mass is 9.83. The average molecular weight is 193 g/mol. The number of rotatable bonds is 1. The summed E-state index contributed by atoms with van der Waals surface area (Å²) in [6.45, 7) is 0.395. The Morgan fingerprint density at radius 2 is 2.50 bits per heavy atom. The molecule has 74 valence electrons. The van der Waals surface area contributed by atoms with Crippen molar-refractivity contribution >= 4 is 11.7 Å². The molecule has 2 unspecified atom stereocenters. The number of hydrogen-bond acceptors (Lipinski definition) is 4. The van der Waals surface area contributed by atoms with E-state index in [-0.39, 0.29) is 17.6 Å². The van der Waals surface area contributed by atoms with E-state index in [2.05, 4.69) is 0 Å². The molecule has 1 aliphatic carbocycles. The summed E-state index contributed by atoms with van der Waals surface area (Å²) >= 11 is 0. The fourth-order valence-electron chi connectivity index (χ4n) is 1.68. The fourth-order valence-corrected chi connectivity index (χ4v) is 1.68. The number of ketones is 1. The maximum absolute atomic E-state index is 11.8. The van der Waals surface area contributed by atoms with Gasteiger partial charge >= 0.3 is 0 Å². The number of ether oxygens (including phenoxy) is 2. The van der Waals surface area contributed by atoms with Gasteiger partial charge in [0.15, 0.2) is 11.7 Å². The minimum absolute atomic E-state index is 0.00259. The lowest BCUT2D eigenvalue weighted by Gasteiger charge is -2.20. The quantitative estimate of drug-likeness (QED) is 0.497. The van der Waals surface area contributed by atoms with Gasteiger partial charge in [-0.2, -0.15) is 0 Å². The first-order chi connectivity index (χ1) is 6.74. The van der Waals surface area contributed by atoms with Crippen molar-refractivity contribution in [2.24, 2.45) is 11.8 Å². The zero-order valence-corrected chi connectivity index (χ0v) is 7.82. The van der Waals surface area contributed by atoms with E-state index in [0.29, 0.717) is 6.61 Å². The second-order valence-electron chi connectivity index (χ2n) is 3.31. The van der Waals surface area contributed by atoms with Crippen molar-refractivity contribution in [3.05, 3.63) is 24.0 Å². The molecule has 0 spiro atoms. The summed E-state index contributed by atoms with van der Waals surface area (Å²) in [5, 5.41) is 7.46. The third-order valence-electron chi connectivity index (χ3n) is 2.52. The van der Waals surface area contributed by atoms with E-state index in [0.717, 1.165) is 5.57 Å². The highest BCUT2D eigenvalue weighted by molar-refractivity contribution is 6.05. The Morgan fingerprint density at radius 3 is 3.21 bits per heavy atom. The lowest BCUT2D eigenvalue weighted by Crippen LogP contribution is -2.32. The van der Waals surface area contributed by atoms with Crippen molar-refractivity contribution < 1.29 is 14.3 Å². The van der Waals surface area contributed by atoms with Crippen molar-refractivity contribution in [1.82, 2.24) is 0 Å². The van der Waals surface area contributed by atoms with Crippen LogP contribution in [-0.2, 0) is 14.3 Å². The Hall–Kier alpha value is -1.58. The summed E-state index contributed by atoms with van der Waals surface area (Å²) in [5.74, 6) is -0.760. The largest absolute Gasteiger partial charge is 0.500 e. The zero-order chi connectivity index (χ0) is 10.1. The molecule has 0 aromatic heterocycles. The first-order valence-electron chi connectivity index (χ1n) is 4.40. The van der Waals surface area contributed by atoms with Gasteiger partial charge in [0.05, 0.1) is 19.3 Å². The molecular formula is C10H11NO3. The third-order valence-corrected chi connectivity index (χ3v) is 2.52. The molecule has 0 saturated carbocycles. The molecule has 4 nitrogen and oxygen atoms in total. The second kappa shape index (κ2) is 3.29. The monoisotopic (exact) mass is 193 g/mol. The number of nitrogens with one attached hydrogen (secondary N) is 1. The van der Waals surface area contributed by atoms with Crippen LogP contribution in [0, 0.1) is 17.2 Å². The van der Waals surface area contributed by atoms with Crippen LogP contribution in [0.1, 0.15) is 0 Å². The molecule has 14 heavy (non-hydrogen) atoms. The van der Waals surface area contributed by atoms with Crippen LogP contribution in [0.3, 0.4) is 0 Å². The number of carbonyl (C=O) groups is 1. The van der Waals surface area contributed by atoms with Crippen molar-refractivity contribution in [2.75, 3.05) is 13.7 Å². The molecule has 1 aliphatic heterocycles. The Bertz CT molecular complexity index is 343. The highest BCUT2D eigenvalue weighted by Gasteiger charge is 2.36. The van der Waals surface area contributed by atoms with Crippen molar-refractivity contribution in [3.8, 4) is 0 Å². The van der Waals surface area contributed by atoms with Gasteiger partial charge in [0.25, 0.3) is 0 Å². The summed E-state index contributed by atoms with van der Waals surface area (Å²) in [6, 6.07) is 0. The van der Waals surface area contributed by atoms with Crippen molar-refractivity contribution in [3.63, 3.8) is 0 Å². The predicted molar refractivity (Wildman–Crippen MR) is 49.9 cm³/mol. The Morgan fingerprint density at radius 1 is 1.71 bits per heavy atom. The number of fused-ring (bicyclic) bond motifs is 1. The number of carbonyl (C=O) groups excluding carboxylic acids is 1. The molecule has 1 N–H and O–H groups in total. The molecule has 4 heteroatoms. The smallest absolute Gasteiger partial charge is 0.194 e. The fraction of sp³-hybridized carbons (Fsp3) is 0.400. The number of methoxy groups -OCH3 is 1. The number of Topliss-reactive ketones (excluding diaryl/α,β-unsaturated/α-hetero) is 1. The van der Waals surface area contributed by atoms with Gasteiger partial charge in [-0.15, -0.1) is 0 Å². The van der Waals surface area contributed by atoms with Crippen LogP contribution in [0.25, 0.3) is 0 Å². The molecule has 0 fully saturated rings. The maximum atomic E-state index is 11.8. The molecule has 0 radical (unpaired) electrons. The molecule has 0 amide bonds. The number of allylic oxidation sites excluding steroid dienone is 1. The van der Waals surface area contributed by atoms with Crippen LogP contribution >= 0.6 is 0 Å². The van der Waals surface area contributed by atoms with Crippen LogP contribution in [0.15, 0.2) is 24.0 Å². The summed E-state index contributed by atoms with van der Waals surface area (Å²) in [6.07, 6.45) is 5.12. The van der Waals surface area contributed by atoms with Gasteiger partial charge in [0.1, 0.15) is 12.5 Å². The molecule has 0 aromatic carbocycles. The Labute approximate surface area is 81.7 Å². The van der Waals surface area contributed by atoms with Gasteiger partial charge in [-0.3, -0.25) is 10.2 Å². The summed E-state index contributed by atoms with van der Waals surface area (Å²) in [7, 11) is 1.40. The van der Waals surface area contributed by atoms with Gasteiger partial charge in [0.2, 0.25) is 0 Å². The minimum Gasteiger partial charge on any atom is -0.500 e. The SMILES string of the molecule is COC(=N)C1C=CC2=COCC2C1=O. The Balaban J connectivity index is 2.25. The first kappa shape index (κ1) is 8.99.